The lowest BCUT2D eigenvalue weighted by Crippen LogP contribution is -2.50. The summed E-state index contributed by atoms with van der Waals surface area (Å²) in [4.78, 5) is 28.8. The Labute approximate surface area is 206 Å². The predicted octanol–water partition coefficient (Wildman–Crippen LogP) is 4.58. The summed E-state index contributed by atoms with van der Waals surface area (Å²) in [6.45, 7) is -0.416. The Kier molecular flexibility index (Phi) is 7.63. The lowest BCUT2D eigenvalue weighted by Gasteiger charge is -2.40. The second-order valence-corrected chi connectivity index (χ2v) is 8.55. The topological polar surface area (TPSA) is 68.3 Å². The summed E-state index contributed by atoms with van der Waals surface area (Å²) in [5.41, 5.74) is 2.09. The number of cyclic esters (lactones) is 1. The Morgan fingerprint density at radius 2 is 1.86 bits per heavy atom. The Bertz CT molecular complexity index is 1070. The maximum absolute atomic E-state index is 13.0. The standard InChI is InChI=1S/C24H25F3N2O5S/c25-24(26,27)14-33-21-12-19(34-15-35)6-5-16(21)11-22(30)28-9-7-18(8-10-28)29-20-4-2-1-3-17(20)13-32-23(29)31/h1-6,12,18,35H,7-11,13-15H2. The van der Waals surface area contributed by atoms with Gasteiger partial charge in [0.2, 0.25) is 5.91 Å². The van der Waals surface area contributed by atoms with Gasteiger partial charge in [0.15, 0.2) is 6.61 Å². The van der Waals surface area contributed by atoms with Crippen LogP contribution in [0.1, 0.15) is 24.0 Å². The minimum Gasteiger partial charge on any atom is -0.484 e. The normalized spacial score (nSPS) is 16.5. The zero-order chi connectivity index (χ0) is 25.0. The average Bonchev–Trinajstić information content (AvgIpc) is 2.84. The predicted molar refractivity (Wildman–Crippen MR) is 125 cm³/mol. The van der Waals surface area contributed by atoms with Gasteiger partial charge in [0.25, 0.3) is 0 Å². The highest BCUT2D eigenvalue weighted by atomic mass is 32.1. The van der Waals surface area contributed by atoms with Gasteiger partial charge in [-0.15, -0.1) is 12.6 Å². The molecule has 2 aliphatic rings. The van der Waals surface area contributed by atoms with Crippen LogP contribution in [0.25, 0.3) is 0 Å². The second-order valence-electron chi connectivity index (χ2n) is 8.29. The third-order valence-corrected chi connectivity index (χ3v) is 6.11. The molecular weight excluding hydrogens is 485 g/mol. The van der Waals surface area contributed by atoms with E-state index < -0.39 is 18.9 Å². The number of hydrogen-bond acceptors (Lipinski definition) is 6. The number of rotatable bonds is 7. The molecule has 2 aromatic rings. The summed E-state index contributed by atoms with van der Waals surface area (Å²) >= 11 is 3.95. The van der Waals surface area contributed by atoms with Crippen molar-refractivity contribution < 1.29 is 37.0 Å². The van der Waals surface area contributed by atoms with Crippen molar-refractivity contribution in [2.24, 2.45) is 0 Å². The summed E-state index contributed by atoms with van der Waals surface area (Å²) in [7, 11) is 0. The molecule has 11 heteroatoms. The van der Waals surface area contributed by atoms with Crippen LogP contribution < -0.4 is 14.4 Å². The lowest BCUT2D eigenvalue weighted by atomic mass is 10.00. The van der Waals surface area contributed by atoms with Crippen LogP contribution in [0.15, 0.2) is 42.5 Å². The average molecular weight is 511 g/mol. The van der Waals surface area contributed by atoms with Crippen LogP contribution in [0.5, 0.6) is 11.5 Å². The molecule has 0 aromatic heterocycles. The molecule has 188 valence electrons. The molecule has 35 heavy (non-hydrogen) atoms. The Morgan fingerprint density at radius 3 is 2.57 bits per heavy atom. The smallest absolute Gasteiger partial charge is 0.422 e. The number of fused-ring (bicyclic) bond motifs is 1. The van der Waals surface area contributed by atoms with Crippen LogP contribution >= 0.6 is 12.6 Å². The highest BCUT2D eigenvalue weighted by Crippen LogP contribution is 2.32. The number of likely N-dealkylation sites (tertiary alicyclic amines) is 1. The quantitative estimate of drug-likeness (QED) is 0.436. The van der Waals surface area contributed by atoms with Crippen molar-refractivity contribution in [3.63, 3.8) is 0 Å². The fourth-order valence-electron chi connectivity index (χ4n) is 4.31. The molecule has 0 bridgehead atoms. The number of carbonyl (C=O) groups excluding carboxylic acids is 2. The molecule has 0 saturated carbocycles. The van der Waals surface area contributed by atoms with E-state index in [-0.39, 0.29) is 36.7 Å². The van der Waals surface area contributed by atoms with Gasteiger partial charge in [-0.2, -0.15) is 13.2 Å². The number of hydrogen-bond donors (Lipinski definition) is 1. The van der Waals surface area contributed by atoms with Crippen LogP contribution in [0.3, 0.4) is 0 Å². The molecule has 1 fully saturated rings. The van der Waals surface area contributed by atoms with Gasteiger partial charge in [-0.1, -0.05) is 24.3 Å². The number of piperidine rings is 1. The van der Waals surface area contributed by atoms with Crippen molar-refractivity contribution in [3.05, 3.63) is 53.6 Å². The van der Waals surface area contributed by atoms with Crippen molar-refractivity contribution in [2.75, 3.05) is 30.5 Å². The van der Waals surface area contributed by atoms with Gasteiger partial charge in [-0.05, 0) is 25.0 Å². The van der Waals surface area contributed by atoms with Gasteiger partial charge < -0.3 is 19.1 Å². The zero-order valence-corrected chi connectivity index (χ0v) is 19.7. The third-order valence-electron chi connectivity index (χ3n) is 5.98. The highest BCUT2D eigenvalue weighted by molar-refractivity contribution is 7.80. The fourth-order valence-corrected chi connectivity index (χ4v) is 4.46. The molecule has 4 rings (SSSR count). The number of carbonyl (C=O) groups is 2. The summed E-state index contributed by atoms with van der Waals surface area (Å²) in [6, 6.07) is 11.9. The number of para-hydroxylation sites is 1. The monoisotopic (exact) mass is 510 g/mol. The number of alkyl halides is 3. The van der Waals surface area contributed by atoms with Crippen LogP contribution in [0, 0.1) is 0 Å². The number of thiol groups is 1. The van der Waals surface area contributed by atoms with E-state index in [2.05, 4.69) is 12.6 Å². The molecule has 1 saturated heterocycles. The molecule has 0 N–H and O–H groups in total. The molecule has 2 amide bonds. The minimum atomic E-state index is -4.52. The number of nitrogens with zero attached hydrogens (tertiary/aromatic N) is 2. The van der Waals surface area contributed by atoms with Crippen LogP contribution in [0.2, 0.25) is 0 Å². The Balaban J connectivity index is 1.41. The van der Waals surface area contributed by atoms with Gasteiger partial charge in [-0.3, -0.25) is 9.69 Å². The Morgan fingerprint density at radius 1 is 1.11 bits per heavy atom. The molecular formula is C24H25F3N2O5S. The fraction of sp³-hybridized carbons (Fsp3) is 0.417. The first-order chi connectivity index (χ1) is 16.7. The maximum atomic E-state index is 13.0. The number of halogens is 3. The van der Waals surface area contributed by atoms with E-state index in [1.54, 1.807) is 15.9 Å². The van der Waals surface area contributed by atoms with Crippen LogP contribution in [-0.4, -0.2) is 54.8 Å². The van der Waals surface area contributed by atoms with E-state index in [9.17, 15) is 22.8 Å². The molecule has 7 nitrogen and oxygen atoms in total. The van der Waals surface area contributed by atoms with Gasteiger partial charge in [0.05, 0.1) is 12.1 Å². The molecule has 0 spiro atoms. The molecule has 0 aliphatic carbocycles. The highest BCUT2D eigenvalue weighted by Gasteiger charge is 2.35. The van der Waals surface area contributed by atoms with E-state index in [1.165, 1.54) is 12.1 Å². The van der Waals surface area contributed by atoms with Crippen molar-refractivity contribution in [3.8, 4) is 11.5 Å². The molecule has 0 unspecified atom stereocenters. The van der Waals surface area contributed by atoms with Crippen LogP contribution in [-0.2, 0) is 22.6 Å². The molecule has 2 aliphatic heterocycles. The first-order valence-electron chi connectivity index (χ1n) is 11.1. The lowest BCUT2D eigenvalue weighted by molar-refractivity contribution is -0.153. The van der Waals surface area contributed by atoms with Crippen molar-refractivity contribution in [1.82, 2.24) is 4.90 Å². The number of benzene rings is 2. The van der Waals surface area contributed by atoms with Crippen molar-refractivity contribution in [1.29, 1.82) is 0 Å². The van der Waals surface area contributed by atoms with E-state index in [0.717, 1.165) is 11.3 Å². The second kappa shape index (κ2) is 10.7. The molecule has 0 atom stereocenters. The SMILES string of the molecule is O=C(Cc1ccc(OCS)cc1OCC(F)(F)F)N1CCC(N2C(=O)OCc3ccccc32)CC1. The molecule has 2 aromatic carbocycles. The largest absolute Gasteiger partial charge is 0.484 e. The first kappa shape index (κ1) is 25.0. The number of anilines is 1. The van der Waals surface area contributed by atoms with Gasteiger partial charge in [0.1, 0.15) is 24.0 Å². The maximum Gasteiger partial charge on any atom is 0.422 e. The van der Waals surface area contributed by atoms with E-state index >= 15 is 0 Å². The summed E-state index contributed by atoms with van der Waals surface area (Å²) in [6.07, 6.45) is -3.92. The third kappa shape index (κ3) is 6.14. The van der Waals surface area contributed by atoms with E-state index in [4.69, 9.17) is 14.2 Å². The molecule has 0 radical (unpaired) electrons. The van der Waals surface area contributed by atoms with Crippen molar-refractivity contribution >= 4 is 30.3 Å². The first-order valence-corrected chi connectivity index (χ1v) is 11.8. The molecule has 2 heterocycles. The summed E-state index contributed by atoms with van der Waals surface area (Å²) < 4.78 is 53.6. The number of ether oxygens (including phenoxy) is 3. The minimum absolute atomic E-state index is 0.0426. The van der Waals surface area contributed by atoms with E-state index in [0.29, 0.717) is 37.2 Å². The van der Waals surface area contributed by atoms with E-state index in [1.807, 2.05) is 24.3 Å². The zero-order valence-electron chi connectivity index (χ0n) is 18.8. The van der Waals surface area contributed by atoms with Crippen LogP contribution in [0.4, 0.5) is 23.7 Å². The van der Waals surface area contributed by atoms with Gasteiger partial charge >= 0.3 is 12.3 Å². The van der Waals surface area contributed by atoms with Gasteiger partial charge in [0, 0.05) is 36.3 Å². The number of amides is 2. The van der Waals surface area contributed by atoms with Crippen molar-refractivity contribution in [2.45, 2.75) is 38.1 Å². The Hall–Kier alpha value is -3.08. The van der Waals surface area contributed by atoms with Gasteiger partial charge in [-0.25, -0.2) is 4.79 Å². The summed E-state index contributed by atoms with van der Waals surface area (Å²) in [5.74, 6) is 0.0474. The summed E-state index contributed by atoms with van der Waals surface area (Å²) in [5, 5.41) is 0.